The van der Waals surface area contributed by atoms with Crippen LogP contribution in [-0.2, 0) is 0 Å². The standard InChI is InChI=1S/C20H22N2O2S2/c23-18-4-2-1-3-17(18)21-9-11-22(12-10-21)19(24)15-5-7-16(8-6-15)20-25-13-14-26-20/h1-8,20,23H,9-14H2. The zero-order valence-corrected chi connectivity index (χ0v) is 16.1. The van der Waals surface area contributed by atoms with Crippen LogP contribution in [0, 0.1) is 0 Å². The molecule has 2 fully saturated rings. The van der Waals surface area contributed by atoms with Crippen molar-refractivity contribution < 1.29 is 9.90 Å². The fourth-order valence-corrected chi connectivity index (χ4v) is 6.26. The molecule has 1 N–H and O–H groups in total. The summed E-state index contributed by atoms with van der Waals surface area (Å²) in [5.74, 6) is 2.81. The van der Waals surface area contributed by atoms with Gasteiger partial charge < -0.3 is 14.9 Å². The van der Waals surface area contributed by atoms with Crippen molar-refractivity contribution in [2.24, 2.45) is 0 Å². The Labute approximate surface area is 162 Å². The van der Waals surface area contributed by atoms with E-state index in [1.165, 1.54) is 17.1 Å². The Bertz CT molecular complexity index is 768. The molecule has 0 atom stereocenters. The van der Waals surface area contributed by atoms with Crippen molar-refractivity contribution >= 4 is 35.1 Å². The van der Waals surface area contributed by atoms with Gasteiger partial charge in [-0.3, -0.25) is 4.79 Å². The second-order valence-corrected chi connectivity index (χ2v) is 9.19. The zero-order chi connectivity index (χ0) is 17.9. The molecular formula is C20H22N2O2S2. The van der Waals surface area contributed by atoms with Gasteiger partial charge in [0.1, 0.15) is 5.75 Å². The Hall–Kier alpha value is -1.79. The Morgan fingerprint density at radius 2 is 1.58 bits per heavy atom. The molecule has 136 valence electrons. The normalized spacial score (nSPS) is 18.3. The molecule has 0 spiro atoms. The number of carbonyl (C=O) groups excluding carboxylic acids is 1. The Morgan fingerprint density at radius 1 is 0.923 bits per heavy atom. The fraction of sp³-hybridized carbons (Fsp3) is 0.350. The first-order chi connectivity index (χ1) is 12.7. The minimum Gasteiger partial charge on any atom is -0.506 e. The average Bonchev–Trinajstić information content (AvgIpc) is 3.23. The topological polar surface area (TPSA) is 43.8 Å². The van der Waals surface area contributed by atoms with E-state index >= 15 is 0 Å². The molecule has 0 bridgehead atoms. The second-order valence-electron chi connectivity index (χ2n) is 6.46. The van der Waals surface area contributed by atoms with Gasteiger partial charge in [-0.2, -0.15) is 0 Å². The molecule has 1 amide bonds. The predicted octanol–water partition coefficient (Wildman–Crippen LogP) is 3.83. The summed E-state index contributed by atoms with van der Waals surface area (Å²) >= 11 is 3.96. The molecule has 2 aliphatic heterocycles. The number of amides is 1. The number of anilines is 1. The van der Waals surface area contributed by atoms with Crippen LogP contribution < -0.4 is 4.90 Å². The lowest BCUT2D eigenvalue weighted by atomic mass is 10.1. The SMILES string of the molecule is O=C(c1ccc(C2SCCS2)cc1)N1CCN(c2ccccc2O)CC1. The third-order valence-electron chi connectivity index (χ3n) is 4.84. The molecule has 4 rings (SSSR count). The van der Waals surface area contributed by atoms with Crippen molar-refractivity contribution in [3.63, 3.8) is 0 Å². The van der Waals surface area contributed by atoms with Gasteiger partial charge in [-0.1, -0.05) is 24.3 Å². The fourth-order valence-electron chi connectivity index (χ4n) is 3.40. The third-order valence-corrected chi connectivity index (χ3v) is 7.95. The van der Waals surface area contributed by atoms with Crippen LogP contribution in [0.3, 0.4) is 0 Å². The first-order valence-electron chi connectivity index (χ1n) is 8.88. The Kier molecular flexibility index (Phi) is 5.31. The predicted molar refractivity (Wildman–Crippen MR) is 110 cm³/mol. The van der Waals surface area contributed by atoms with Gasteiger partial charge in [0.2, 0.25) is 0 Å². The number of aromatic hydroxyl groups is 1. The Morgan fingerprint density at radius 3 is 2.23 bits per heavy atom. The Balaban J connectivity index is 1.38. The molecule has 0 saturated carbocycles. The molecular weight excluding hydrogens is 364 g/mol. The van der Waals surface area contributed by atoms with E-state index in [4.69, 9.17) is 0 Å². The molecule has 0 aliphatic carbocycles. The number of carbonyl (C=O) groups is 1. The van der Waals surface area contributed by atoms with E-state index in [-0.39, 0.29) is 5.91 Å². The summed E-state index contributed by atoms with van der Waals surface area (Å²) in [7, 11) is 0. The first kappa shape index (κ1) is 17.6. The minimum absolute atomic E-state index is 0.0974. The summed E-state index contributed by atoms with van der Waals surface area (Å²) in [4.78, 5) is 16.8. The number of phenols is 1. The van der Waals surface area contributed by atoms with Crippen molar-refractivity contribution in [3.8, 4) is 5.75 Å². The van der Waals surface area contributed by atoms with Crippen LogP contribution in [-0.4, -0.2) is 53.6 Å². The molecule has 4 nitrogen and oxygen atoms in total. The van der Waals surface area contributed by atoms with Crippen LogP contribution in [0.1, 0.15) is 20.5 Å². The van der Waals surface area contributed by atoms with Gasteiger partial charge in [0, 0.05) is 43.2 Å². The molecule has 2 aromatic rings. The van der Waals surface area contributed by atoms with Gasteiger partial charge in [0.25, 0.3) is 5.91 Å². The summed E-state index contributed by atoms with van der Waals surface area (Å²) in [6.07, 6.45) is 0. The lowest BCUT2D eigenvalue weighted by Crippen LogP contribution is -2.48. The molecule has 2 saturated heterocycles. The zero-order valence-electron chi connectivity index (χ0n) is 14.5. The average molecular weight is 387 g/mol. The molecule has 0 radical (unpaired) electrons. The van der Waals surface area contributed by atoms with Crippen molar-refractivity contribution in [2.75, 3.05) is 42.6 Å². The van der Waals surface area contributed by atoms with Crippen LogP contribution >= 0.6 is 23.5 Å². The number of benzene rings is 2. The van der Waals surface area contributed by atoms with Crippen molar-refractivity contribution in [2.45, 2.75) is 4.58 Å². The van der Waals surface area contributed by atoms with Crippen LogP contribution in [0.5, 0.6) is 5.75 Å². The molecule has 0 unspecified atom stereocenters. The number of hydrogen-bond donors (Lipinski definition) is 1. The van der Waals surface area contributed by atoms with Crippen LogP contribution in [0.25, 0.3) is 0 Å². The van der Waals surface area contributed by atoms with Crippen molar-refractivity contribution in [3.05, 3.63) is 59.7 Å². The van der Waals surface area contributed by atoms with E-state index in [0.29, 0.717) is 23.4 Å². The molecule has 2 heterocycles. The molecule has 0 aromatic heterocycles. The molecule has 26 heavy (non-hydrogen) atoms. The maximum Gasteiger partial charge on any atom is 0.253 e. The molecule has 6 heteroatoms. The van der Waals surface area contributed by atoms with Gasteiger partial charge in [-0.05, 0) is 29.8 Å². The minimum atomic E-state index is 0.0974. The highest BCUT2D eigenvalue weighted by Gasteiger charge is 2.24. The van der Waals surface area contributed by atoms with Gasteiger partial charge in [0.05, 0.1) is 10.3 Å². The summed E-state index contributed by atoms with van der Waals surface area (Å²) in [5, 5.41) is 10.0. The smallest absolute Gasteiger partial charge is 0.253 e. The highest BCUT2D eigenvalue weighted by atomic mass is 32.2. The monoisotopic (exact) mass is 386 g/mol. The van der Waals surface area contributed by atoms with E-state index in [2.05, 4.69) is 17.0 Å². The number of para-hydroxylation sites is 2. The number of thioether (sulfide) groups is 2. The number of nitrogens with zero attached hydrogens (tertiary/aromatic N) is 2. The largest absolute Gasteiger partial charge is 0.506 e. The highest BCUT2D eigenvalue weighted by Crippen LogP contribution is 2.45. The van der Waals surface area contributed by atoms with Crippen LogP contribution in [0.2, 0.25) is 0 Å². The highest BCUT2D eigenvalue weighted by molar-refractivity contribution is 8.19. The van der Waals surface area contributed by atoms with Gasteiger partial charge >= 0.3 is 0 Å². The van der Waals surface area contributed by atoms with Crippen LogP contribution in [0.4, 0.5) is 5.69 Å². The summed E-state index contributed by atoms with van der Waals surface area (Å²) in [5.41, 5.74) is 2.91. The number of rotatable bonds is 3. The quantitative estimate of drug-likeness (QED) is 0.868. The van der Waals surface area contributed by atoms with E-state index in [0.717, 1.165) is 24.3 Å². The second kappa shape index (κ2) is 7.84. The van der Waals surface area contributed by atoms with Gasteiger partial charge in [-0.15, -0.1) is 23.5 Å². The van der Waals surface area contributed by atoms with E-state index in [1.807, 2.05) is 58.8 Å². The van der Waals surface area contributed by atoms with Crippen molar-refractivity contribution in [1.82, 2.24) is 4.90 Å². The van der Waals surface area contributed by atoms with E-state index < -0.39 is 0 Å². The molecule has 2 aromatic carbocycles. The number of phenolic OH excluding ortho intramolecular Hbond substituents is 1. The van der Waals surface area contributed by atoms with Gasteiger partial charge in [-0.25, -0.2) is 0 Å². The maximum atomic E-state index is 12.8. The molecule has 2 aliphatic rings. The summed E-state index contributed by atoms with van der Waals surface area (Å²) in [6, 6.07) is 15.5. The number of hydrogen-bond acceptors (Lipinski definition) is 5. The lowest BCUT2D eigenvalue weighted by Gasteiger charge is -2.36. The maximum absolute atomic E-state index is 12.8. The van der Waals surface area contributed by atoms with Gasteiger partial charge in [0.15, 0.2) is 0 Å². The van der Waals surface area contributed by atoms with E-state index in [1.54, 1.807) is 6.07 Å². The summed E-state index contributed by atoms with van der Waals surface area (Å²) in [6.45, 7) is 2.81. The van der Waals surface area contributed by atoms with E-state index in [9.17, 15) is 9.90 Å². The third kappa shape index (κ3) is 3.67. The number of piperazine rings is 1. The summed E-state index contributed by atoms with van der Waals surface area (Å²) < 4.78 is 0.515. The van der Waals surface area contributed by atoms with Crippen molar-refractivity contribution in [1.29, 1.82) is 0 Å². The first-order valence-corrected chi connectivity index (χ1v) is 11.0. The van der Waals surface area contributed by atoms with Crippen LogP contribution in [0.15, 0.2) is 48.5 Å². The lowest BCUT2D eigenvalue weighted by molar-refractivity contribution is 0.0746.